The van der Waals surface area contributed by atoms with E-state index in [0.717, 1.165) is 31.5 Å². The minimum Gasteiger partial charge on any atom is -0.293 e. The monoisotopic (exact) mass is 251 g/mol. The van der Waals surface area contributed by atoms with E-state index >= 15 is 0 Å². The van der Waals surface area contributed by atoms with Crippen molar-refractivity contribution in [3.8, 4) is 0 Å². The summed E-state index contributed by atoms with van der Waals surface area (Å²) in [6.45, 7) is 1.03. The molecular weight excluding hydrogens is 236 g/mol. The summed E-state index contributed by atoms with van der Waals surface area (Å²) in [5, 5.41) is 0. The maximum atomic E-state index is 13.5. The number of halogens is 2. The van der Waals surface area contributed by atoms with Crippen molar-refractivity contribution in [2.24, 2.45) is 5.92 Å². The summed E-state index contributed by atoms with van der Waals surface area (Å²) in [4.78, 5) is 14.1. The molecule has 4 heteroatoms. The number of piperidine rings is 1. The summed E-state index contributed by atoms with van der Waals surface area (Å²) in [6.07, 6.45) is 3.47. The molecule has 0 aromatic heterocycles. The fourth-order valence-electron chi connectivity index (χ4n) is 3.25. The molecule has 18 heavy (non-hydrogen) atoms. The normalized spacial score (nSPS) is 26.8. The van der Waals surface area contributed by atoms with Crippen LogP contribution in [0.5, 0.6) is 0 Å². The average molecular weight is 251 g/mol. The van der Waals surface area contributed by atoms with Crippen molar-refractivity contribution in [2.45, 2.75) is 25.3 Å². The van der Waals surface area contributed by atoms with E-state index in [4.69, 9.17) is 0 Å². The van der Waals surface area contributed by atoms with E-state index in [0.29, 0.717) is 12.0 Å². The molecule has 0 spiro atoms. The molecule has 96 valence electrons. The van der Waals surface area contributed by atoms with Crippen LogP contribution in [0.4, 0.5) is 8.78 Å². The van der Waals surface area contributed by atoms with Crippen LogP contribution >= 0.6 is 0 Å². The Bertz CT molecular complexity index is 468. The van der Waals surface area contributed by atoms with Crippen molar-refractivity contribution >= 4 is 5.78 Å². The first-order valence-electron chi connectivity index (χ1n) is 6.36. The molecule has 0 N–H and O–H groups in total. The second kappa shape index (κ2) is 4.43. The van der Waals surface area contributed by atoms with Gasteiger partial charge in [-0.2, -0.15) is 0 Å². The predicted molar refractivity (Wildman–Crippen MR) is 63.4 cm³/mol. The predicted octanol–water partition coefficient (Wildman–Crippen LogP) is 2.63. The van der Waals surface area contributed by atoms with Gasteiger partial charge in [-0.1, -0.05) is 6.07 Å². The average Bonchev–Trinajstić information content (AvgIpc) is 2.90. The molecule has 2 aliphatic rings. The second-order valence-electron chi connectivity index (χ2n) is 5.28. The Labute approximate surface area is 105 Å². The van der Waals surface area contributed by atoms with Gasteiger partial charge in [0, 0.05) is 12.6 Å². The van der Waals surface area contributed by atoms with Gasteiger partial charge in [0.2, 0.25) is 0 Å². The summed E-state index contributed by atoms with van der Waals surface area (Å²) < 4.78 is 27.0. The van der Waals surface area contributed by atoms with Gasteiger partial charge in [0.25, 0.3) is 0 Å². The van der Waals surface area contributed by atoms with Crippen molar-refractivity contribution in [3.63, 3.8) is 0 Å². The highest BCUT2D eigenvalue weighted by Gasteiger charge is 2.38. The molecule has 0 amide bonds. The third-order valence-electron chi connectivity index (χ3n) is 4.11. The molecule has 2 bridgehead atoms. The van der Waals surface area contributed by atoms with Crippen LogP contribution < -0.4 is 0 Å². The van der Waals surface area contributed by atoms with Crippen LogP contribution in [0.3, 0.4) is 0 Å². The molecule has 1 heterocycles. The van der Waals surface area contributed by atoms with Gasteiger partial charge in [0.05, 0.1) is 12.1 Å². The lowest BCUT2D eigenvalue weighted by Gasteiger charge is -2.25. The summed E-state index contributed by atoms with van der Waals surface area (Å²) in [5.74, 6) is -1.29. The van der Waals surface area contributed by atoms with Crippen LogP contribution in [0, 0.1) is 17.6 Å². The van der Waals surface area contributed by atoms with E-state index in [-0.39, 0.29) is 12.1 Å². The van der Waals surface area contributed by atoms with Crippen LogP contribution in [0.25, 0.3) is 0 Å². The molecule has 2 fully saturated rings. The number of benzene rings is 1. The number of hydrogen-bond acceptors (Lipinski definition) is 2. The summed E-state index contributed by atoms with van der Waals surface area (Å²) in [6, 6.07) is 3.98. The lowest BCUT2D eigenvalue weighted by atomic mass is 10.1. The molecule has 2 atom stereocenters. The zero-order valence-corrected chi connectivity index (χ0v) is 10.0. The fraction of sp³-hybridized carbons (Fsp3) is 0.500. The van der Waals surface area contributed by atoms with Crippen molar-refractivity contribution in [2.75, 3.05) is 13.1 Å². The van der Waals surface area contributed by atoms with Crippen molar-refractivity contribution in [1.29, 1.82) is 0 Å². The molecule has 2 unspecified atom stereocenters. The Morgan fingerprint density at radius 3 is 2.56 bits per heavy atom. The van der Waals surface area contributed by atoms with Gasteiger partial charge in [-0.25, -0.2) is 8.78 Å². The van der Waals surface area contributed by atoms with Crippen LogP contribution in [-0.2, 0) is 0 Å². The summed E-state index contributed by atoms with van der Waals surface area (Å²) in [7, 11) is 0. The zero-order chi connectivity index (χ0) is 12.7. The van der Waals surface area contributed by atoms with Gasteiger partial charge in [-0.05, 0) is 37.3 Å². The summed E-state index contributed by atoms with van der Waals surface area (Å²) in [5.41, 5.74) is -0.389. The Morgan fingerprint density at radius 1 is 1.28 bits per heavy atom. The van der Waals surface area contributed by atoms with Crippen molar-refractivity contribution in [3.05, 3.63) is 35.4 Å². The van der Waals surface area contributed by atoms with Gasteiger partial charge < -0.3 is 0 Å². The zero-order valence-electron chi connectivity index (χ0n) is 10.0. The first-order valence-corrected chi connectivity index (χ1v) is 6.36. The minimum absolute atomic E-state index is 0.138. The smallest absolute Gasteiger partial charge is 0.182 e. The Balaban J connectivity index is 1.75. The number of rotatable bonds is 3. The van der Waals surface area contributed by atoms with Gasteiger partial charge in [-0.3, -0.25) is 9.69 Å². The highest BCUT2D eigenvalue weighted by Crippen LogP contribution is 2.37. The largest absolute Gasteiger partial charge is 0.293 e. The first kappa shape index (κ1) is 11.8. The van der Waals surface area contributed by atoms with Gasteiger partial charge >= 0.3 is 0 Å². The van der Waals surface area contributed by atoms with E-state index in [2.05, 4.69) is 4.90 Å². The number of Topliss-reactive ketones (excluding diaryl/α,β-unsaturated/α-hetero) is 1. The van der Waals surface area contributed by atoms with Gasteiger partial charge in [0.1, 0.15) is 11.6 Å². The topological polar surface area (TPSA) is 20.3 Å². The number of hydrogen-bond donors (Lipinski definition) is 0. The molecular formula is C14H15F2NO. The standard InChI is InChI=1S/C14H15F2NO/c15-11-2-1-3-12(16)14(11)13(18)8-17-7-9-4-5-10(17)6-9/h1-3,9-10H,4-8H2. The number of carbonyl (C=O) groups excluding carboxylic acids is 1. The number of carbonyl (C=O) groups is 1. The Hall–Kier alpha value is -1.29. The van der Waals surface area contributed by atoms with Crippen molar-refractivity contribution in [1.82, 2.24) is 4.90 Å². The molecule has 1 aromatic rings. The number of ketones is 1. The molecule has 1 saturated carbocycles. The maximum Gasteiger partial charge on any atom is 0.182 e. The third-order valence-corrected chi connectivity index (χ3v) is 4.11. The Kier molecular flexibility index (Phi) is 2.90. The van der Waals surface area contributed by atoms with E-state index in [1.807, 2.05) is 0 Å². The minimum atomic E-state index is -0.760. The third kappa shape index (κ3) is 1.94. The first-order chi connectivity index (χ1) is 8.65. The van der Waals surface area contributed by atoms with Gasteiger partial charge in [-0.15, -0.1) is 0 Å². The summed E-state index contributed by atoms with van der Waals surface area (Å²) >= 11 is 0. The molecule has 1 aromatic carbocycles. The molecule has 2 nitrogen and oxygen atoms in total. The van der Waals surface area contributed by atoms with Crippen molar-refractivity contribution < 1.29 is 13.6 Å². The second-order valence-corrected chi connectivity index (χ2v) is 5.28. The SMILES string of the molecule is O=C(CN1CC2CCC1C2)c1c(F)cccc1F. The van der Waals surface area contributed by atoms with E-state index in [1.165, 1.54) is 12.5 Å². The highest BCUT2D eigenvalue weighted by molar-refractivity contribution is 5.98. The fourth-order valence-corrected chi connectivity index (χ4v) is 3.25. The molecule has 1 aliphatic heterocycles. The van der Waals surface area contributed by atoms with E-state index in [1.54, 1.807) is 0 Å². The van der Waals surface area contributed by atoms with Crippen LogP contribution in [0.2, 0.25) is 0 Å². The van der Waals surface area contributed by atoms with E-state index in [9.17, 15) is 13.6 Å². The molecule has 3 rings (SSSR count). The molecule has 0 radical (unpaired) electrons. The lowest BCUT2D eigenvalue weighted by molar-refractivity contribution is 0.0896. The van der Waals surface area contributed by atoms with Gasteiger partial charge in [0.15, 0.2) is 5.78 Å². The van der Waals surface area contributed by atoms with Crippen LogP contribution in [0.1, 0.15) is 29.6 Å². The quantitative estimate of drug-likeness (QED) is 0.770. The number of nitrogens with zero attached hydrogens (tertiary/aromatic N) is 1. The number of likely N-dealkylation sites (tertiary alicyclic amines) is 1. The molecule has 1 saturated heterocycles. The number of fused-ring (bicyclic) bond motifs is 2. The lowest BCUT2D eigenvalue weighted by Crippen LogP contribution is -2.36. The highest BCUT2D eigenvalue weighted by atomic mass is 19.1. The molecule has 1 aliphatic carbocycles. The van der Waals surface area contributed by atoms with Crippen LogP contribution in [-0.4, -0.2) is 29.8 Å². The van der Waals surface area contributed by atoms with E-state index < -0.39 is 17.4 Å². The van der Waals surface area contributed by atoms with Crippen LogP contribution in [0.15, 0.2) is 18.2 Å². The maximum absolute atomic E-state index is 13.5. The Morgan fingerprint density at radius 2 is 2.00 bits per heavy atom.